The Morgan fingerprint density at radius 1 is 1.34 bits per heavy atom. The van der Waals surface area contributed by atoms with Crippen LogP contribution in [0, 0.1) is 11.3 Å². The Labute approximate surface area is 173 Å². The fraction of sp³-hybridized carbons (Fsp3) is 0.368. The van der Waals surface area contributed by atoms with Crippen molar-refractivity contribution in [3.05, 3.63) is 40.3 Å². The summed E-state index contributed by atoms with van der Waals surface area (Å²) in [6.07, 6.45) is 0.750. The highest BCUT2D eigenvalue weighted by Crippen LogP contribution is 2.31. The van der Waals surface area contributed by atoms with E-state index in [0.29, 0.717) is 23.8 Å². The molecule has 1 N–H and O–H groups in total. The van der Waals surface area contributed by atoms with Gasteiger partial charge in [-0.2, -0.15) is 9.57 Å². The van der Waals surface area contributed by atoms with Crippen LogP contribution in [0.25, 0.3) is 0 Å². The summed E-state index contributed by atoms with van der Waals surface area (Å²) in [4.78, 5) is 13.7. The molecule has 0 unspecified atom stereocenters. The predicted octanol–water partition coefficient (Wildman–Crippen LogP) is 2.46. The summed E-state index contributed by atoms with van der Waals surface area (Å²) in [6, 6.07) is 8.06. The lowest BCUT2D eigenvalue weighted by Crippen LogP contribution is -2.40. The van der Waals surface area contributed by atoms with Gasteiger partial charge in [-0.15, -0.1) is 11.3 Å². The molecule has 0 atom stereocenters. The van der Waals surface area contributed by atoms with Crippen molar-refractivity contribution in [2.75, 3.05) is 38.7 Å². The van der Waals surface area contributed by atoms with Crippen molar-refractivity contribution in [2.45, 2.75) is 18.2 Å². The molecule has 1 saturated heterocycles. The van der Waals surface area contributed by atoms with Gasteiger partial charge in [-0.05, 0) is 30.7 Å². The van der Waals surface area contributed by atoms with E-state index >= 15 is 0 Å². The number of sulfonamides is 1. The smallest absolute Gasteiger partial charge is 0.256 e. The monoisotopic (exact) mass is 435 g/mol. The number of hydrogen-bond donors (Lipinski definition) is 1. The minimum Gasteiger partial charge on any atom is -0.495 e. The van der Waals surface area contributed by atoms with E-state index < -0.39 is 15.9 Å². The third kappa shape index (κ3) is 4.43. The van der Waals surface area contributed by atoms with E-state index in [4.69, 9.17) is 9.47 Å². The first-order valence-electron chi connectivity index (χ1n) is 9.00. The fourth-order valence-corrected chi connectivity index (χ4v) is 5.44. The average Bonchev–Trinajstić information content (AvgIpc) is 3.15. The standard InChI is InChI=1S/C19H21N3O5S2/c1-3-15-10-14(12-20)19(28-15)21-18(23)13-4-5-16(26-2)17(11-13)29(24,25)22-6-8-27-9-7-22/h4-5,10-11H,3,6-9H2,1-2H3,(H,21,23). The molecule has 2 heterocycles. The molecule has 1 aromatic heterocycles. The van der Waals surface area contributed by atoms with Crippen LogP contribution in [0.3, 0.4) is 0 Å². The number of amides is 1. The number of ether oxygens (including phenoxy) is 2. The number of nitrogens with zero attached hydrogens (tertiary/aromatic N) is 2. The molecular formula is C19H21N3O5S2. The molecule has 3 rings (SSSR count). The van der Waals surface area contributed by atoms with Crippen LogP contribution in [0.5, 0.6) is 5.75 Å². The van der Waals surface area contributed by atoms with Crippen LogP contribution in [0.4, 0.5) is 5.00 Å². The quantitative estimate of drug-likeness (QED) is 0.747. The van der Waals surface area contributed by atoms with Crippen LogP contribution in [0.1, 0.15) is 27.7 Å². The molecule has 8 nitrogen and oxygen atoms in total. The Hall–Kier alpha value is -2.45. The van der Waals surface area contributed by atoms with Gasteiger partial charge in [0.25, 0.3) is 5.91 Å². The number of nitriles is 1. The van der Waals surface area contributed by atoms with E-state index in [9.17, 15) is 18.5 Å². The van der Waals surface area contributed by atoms with Gasteiger partial charge in [-0.25, -0.2) is 8.42 Å². The highest BCUT2D eigenvalue weighted by Gasteiger charge is 2.30. The number of anilines is 1. The van der Waals surface area contributed by atoms with Gasteiger partial charge in [0.15, 0.2) is 0 Å². The van der Waals surface area contributed by atoms with Crippen LogP contribution < -0.4 is 10.1 Å². The highest BCUT2D eigenvalue weighted by molar-refractivity contribution is 7.89. The normalized spacial score (nSPS) is 14.9. The Morgan fingerprint density at radius 2 is 2.07 bits per heavy atom. The number of rotatable bonds is 6. The zero-order valence-corrected chi connectivity index (χ0v) is 17.7. The maximum atomic E-state index is 13.1. The van der Waals surface area contributed by atoms with Crippen molar-refractivity contribution in [2.24, 2.45) is 0 Å². The molecule has 1 fully saturated rings. The van der Waals surface area contributed by atoms with Crippen LogP contribution in [0.15, 0.2) is 29.2 Å². The predicted molar refractivity (Wildman–Crippen MR) is 109 cm³/mol. The third-order valence-electron chi connectivity index (χ3n) is 4.49. The molecule has 0 bridgehead atoms. The fourth-order valence-electron chi connectivity index (χ4n) is 2.91. The minimum atomic E-state index is -3.85. The number of carbonyl (C=O) groups is 1. The Balaban J connectivity index is 1.93. The van der Waals surface area contributed by atoms with E-state index in [0.717, 1.165) is 11.3 Å². The minimum absolute atomic E-state index is 0.0736. The first-order chi connectivity index (χ1) is 13.9. The summed E-state index contributed by atoms with van der Waals surface area (Å²) >= 11 is 1.33. The first-order valence-corrected chi connectivity index (χ1v) is 11.3. The summed E-state index contributed by atoms with van der Waals surface area (Å²) < 4.78 is 37.9. The molecule has 0 aliphatic carbocycles. The number of morpholine rings is 1. The van der Waals surface area contributed by atoms with E-state index in [1.54, 1.807) is 6.07 Å². The third-order valence-corrected chi connectivity index (χ3v) is 7.61. The number of thiophene rings is 1. The zero-order valence-electron chi connectivity index (χ0n) is 16.1. The summed E-state index contributed by atoms with van der Waals surface area (Å²) in [6.45, 7) is 3.07. The van der Waals surface area contributed by atoms with Gasteiger partial charge in [0, 0.05) is 23.5 Å². The van der Waals surface area contributed by atoms with Crippen molar-refractivity contribution < 1.29 is 22.7 Å². The second-order valence-electron chi connectivity index (χ2n) is 6.26. The molecule has 1 aliphatic heterocycles. The Kier molecular flexibility index (Phi) is 6.54. The van der Waals surface area contributed by atoms with Gasteiger partial charge in [-0.3, -0.25) is 4.79 Å². The molecule has 1 aliphatic rings. The van der Waals surface area contributed by atoms with Crippen molar-refractivity contribution in [3.8, 4) is 11.8 Å². The SMILES string of the molecule is CCc1cc(C#N)c(NC(=O)c2ccc(OC)c(S(=O)(=O)N3CCOCC3)c2)s1. The molecule has 0 spiro atoms. The van der Waals surface area contributed by atoms with Gasteiger partial charge in [0.1, 0.15) is 21.7 Å². The number of hydrogen-bond acceptors (Lipinski definition) is 7. The molecule has 10 heteroatoms. The van der Waals surface area contributed by atoms with Crippen molar-refractivity contribution >= 4 is 32.3 Å². The number of carbonyl (C=O) groups excluding carboxylic acids is 1. The lowest BCUT2D eigenvalue weighted by molar-refractivity contribution is 0.0729. The number of nitrogens with one attached hydrogen (secondary N) is 1. The lowest BCUT2D eigenvalue weighted by Gasteiger charge is -2.26. The van der Waals surface area contributed by atoms with Crippen molar-refractivity contribution in [1.82, 2.24) is 4.31 Å². The summed E-state index contributed by atoms with van der Waals surface area (Å²) in [5.74, 6) is -0.331. The Bertz CT molecular complexity index is 1050. The average molecular weight is 436 g/mol. The number of benzene rings is 1. The number of aryl methyl sites for hydroxylation is 1. The molecule has 1 amide bonds. The second kappa shape index (κ2) is 8.92. The molecule has 29 heavy (non-hydrogen) atoms. The number of methoxy groups -OCH3 is 1. The molecule has 0 saturated carbocycles. The molecule has 2 aromatic rings. The zero-order chi connectivity index (χ0) is 21.0. The van der Waals surface area contributed by atoms with Crippen molar-refractivity contribution in [1.29, 1.82) is 5.26 Å². The van der Waals surface area contributed by atoms with Gasteiger partial charge >= 0.3 is 0 Å². The van der Waals surface area contributed by atoms with Gasteiger partial charge in [0.2, 0.25) is 10.0 Å². The summed E-state index contributed by atoms with van der Waals surface area (Å²) in [7, 11) is -2.47. The summed E-state index contributed by atoms with van der Waals surface area (Å²) in [5, 5.41) is 12.4. The lowest BCUT2D eigenvalue weighted by atomic mass is 10.2. The molecule has 154 valence electrons. The largest absolute Gasteiger partial charge is 0.495 e. The molecule has 1 aromatic carbocycles. The van der Waals surface area contributed by atoms with Crippen LogP contribution in [-0.2, 0) is 21.2 Å². The van der Waals surface area contributed by atoms with Crippen LogP contribution >= 0.6 is 11.3 Å². The molecule has 0 radical (unpaired) electrons. The topological polar surface area (TPSA) is 109 Å². The maximum Gasteiger partial charge on any atom is 0.256 e. The Morgan fingerprint density at radius 3 is 2.69 bits per heavy atom. The van der Waals surface area contributed by atoms with Gasteiger partial charge in [-0.1, -0.05) is 6.92 Å². The van der Waals surface area contributed by atoms with E-state index in [-0.39, 0.29) is 29.3 Å². The van der Waals surface area contributed by atoms with E-state index in [1.807, 2.05) is 6.92 Å². The van der Waals surface area contributed by atoms with Gasteiger partial charge < -0.3 is 14.8 Å². The van der Waals surface area contributed by atoms with Crippen LogP contribution in [-0.4, -0.2) is 52.0 Å². The highest BCUT2D eigenvalue weighted by atomic mass is 32.2. The molecular weight excluding hydrogens is 414 g/mol. The summed E-state index contributed by atoms with van der Waals surface area (Å²) in [5.41, 5.74) is 0.544. The maximum absolute atomic E-state index is 13.1. The van der Waals surface area contributed by atoms with Gasteiger partial charge in [0.05, 0.1) is 25.9 Å². The first kappa shape index (κ1) is 21.3. The van der Waals surface area contributed by atoms with Crippen LogP contribution in [0.2, 0.25) is 0 Å². The van der Waals surface area contributed by atoms with Crippen molar-refractivity contribution in [3.63, 3.8) is 0 Å². The van der Waals surface area contributed by atoms with E-state index in [1.165, 1.54) is 41.0 Å². The van der Waals surface area contributed by atoms with E-state index in [2.05, 4.69) is 11.4 Å². The second-order valence-corrected chi connectivity index (χ2v) is 9.30.